The van der Waals surface area contributed by atoms with E-state index in [9.17, 15) is 15.2 Å². The number of nitrogens with one attached hydrogen (secondary N) is 1. The molecular formula is C15H17ClN2O4. The van der Waals surface area contributed by atoms with Gasteiger partial charge >= 0.3 is 0 Å². The Morgan fingerprint density at radius 2 is 2.23 bits per heavy atom. The lowest BCUT2D eigenvalue weighted by atomic mass is 10.0. The standard InChI is InChI=1S/C15H17ClN2O4/c1-3-10-7-13(18(20)21)12(8-11(10)16)17-9-15(2,19)14-5-4-6-22-14/h4-8,17,19H,3,9H2,1-2H3/t15-/m1/s1. The Morgan fingerprint density at radius 3 is 2.77 bits per heavy atom. The van der Waals surface area contributed by atoms with Crippen molar-refractivity contribution in [2.24, 2.45) is 0 Å². The number of benzene rings is 1. The number of anilines is 1. The number of hydrogen-bond donors (Lipinski definition) is 2. The molecular weight excluding hydrogens is 308 g/mol. The maximum Gasteiger partial charge on any atom is 0.292 e. The summed E-state index contributed by atoms with van der Waals surface area (Å²) in [5, 5.41) is 24.9. The highest BCUT2D eigenvalue weighted by atomic mass is 35.5. The number of halogens is 1. The quantitative estimate of drug-likeness (QED) is 0.624. The van der Waals surface area contributed by atoms with Crippen LogP contribution in [0.25, 0.3) is 0 Å². The number of aryl methyl sites for hydroxylation is 1. The third-order valence-electron chi connectivity index (χ3n) is 3.42. The first-order chi connectivity index (χ1) is 10.3. The Balaban J connectivity index is 2.26. The summed E-state index contributed by atoms with van der Waals surface area (Å²) in [6.07, 6.45) is 2.06. The molecule has 0 spiro atoms. The third-order valence-corrected chi connectivity index (χ3v) is 3.77. The van der Waals surface area contributed by atoms with Gasteiger partial charge in [-0.3, -0.25) is 10.1 Å². The summed E-state index contributed by atoms with van der Waals surface area (Å²) in [6.45, 7) is 3.48. The molecule has 118 valence electrons. The van der Waals surface area contributed by atoms with E-state index in [0.717, 1.165) is 0 Å². The molecule has 1 atom stereocenters. The van der Waals surface area contributed by atoms with Crippen LogP contribution in [0.4, 0.5) is 11.4 Å². The second kappa shape index (κ2) is 6.37. The van der Waals surface area contributed by atoms with Gasteiger partial charge in [0.05, 0.1) is 17.7 Å². The Hall–Kier alpha value is -2.05. The molecule has 1 heterocycles. The van der Waals surface area contributed by atoms with E-state index in [2.05, 4.69) is 5.32 Å². The number of nitro groups is 1. The van der Waals surface area contributed by atoms with Gasteiger partial charge in [0.2, 0.25) is 0 Å². The van der Waals surface area contributed by atoms with Crippen LogP contribution in [0, 0.1) is 10.1 Å². The number of furan rings is 1. The zero-order valence-corrected chi connectivity index (χ0v) is 13.1. The summed E-state index contributed by atoms with van der Waals surface area (Å²) in [6, 6.07) is 6.27. The van der Waals surface area contributed by atoms with Gasteiger partial charge in [-0.2, -0.15) is 0 Å². The van der Waals surface area contributed by atoms with Gasteiger partial charge in [-0.05, 0) is 37.1 Å². The number of nitro benzene ring substituents is 1. The van der Waals surface area contributed by atoms with Crippen LogP contribution < -0.4 is 5.32 Å². The lowest BCUT2D eigenvalue weighted by molar-refractivity contribution is -0.384. The number of hydrogen-bond acceptors (Lipinski definition) is 5. The summed E-state index contributed by atoms with van der Waals surface area (Å²) < 4.78 is 5.17. The average Bonchev–Trinajstić information content (AvgIpc) is 3.00. The van der Waals surface area contributed by atoms with E-state index in [1.54, 1.807) is 19.1 Å². The molecule has 2 N–H and O–H groups in total. The van der Waals surface area contributed by atoms with Gasteiger partial charge in [0.1, 0.15) is 17.0 Å². The number of aliphatic hydroxyl groups is 1. The Labute approximate surface area is 132 Å². The first kappa shape index (κ1) is 16.3. The second-order valence-electron chi connectivity index (χ2n) is 5.18. The topological polar surface area (TPSA) is 88.5 Å². The fraction of sp³-hybridized carbons (Fsp3) is 0.333. The third kappa shape index (κ3) is 3.40. The van der Waals surface area contributed by atoms with Gasteiger partial charge < -0.3 is 14.8 Å². The molecule has 0 aliphatic rings. The SMILES string of the molecule is CCc1cc([N+](=O)[O-])c(NC[C@@](C)(O)c2ccco2)cc1Cl. The van der Waals surface area contributed by atoms with Crippen LogP contribution in [-0.4, -0.2) is 16.6 Å². The Kier molecular flexibility index (Phi) is 4.73. The minimum Gasteiger partial charge on any atom is -0.466 e. The van der Waals surface area contributed by atoms with Crippen LogP contribution in [0.3, 0.4) is 0 Å². The molecule has 6 nitrogen and oxygen atoms in total. The van der Waals surface area contributed by atoms with E-state index in [4.69, 9.17) is 16.0 Å². The average molecular weight is 325 g/mol. The highest BCUT2D eigenvalue weighted by Crippen LogP contribution is 2.32. The smallest absolute Gasteiger partial charge is 0.292 e. The molecule has 2 rings (SSSR count). The van der Waals surface area contributed by atoms with Crippen molar-refractivity contribution in [1.29, 1.82) is 0 Å². The Morgan fingerprint density at radius 1 is 1.50 bits per heavy atom. The Bertz CT molecular complexity index is 668. The molecule has 0 amide bonds. The van der Waals surface area contributed by atoms with Gasteiger partial charge in [-0.1, -0.05) is 18.5 Å². The van der Waals surface area contributed by atoms with Crippen LogP contribution in [0.2, 0.25) is 5.02 Å². The molecule has 1 aromatic carbocycles. The van der Waals surface area contributed by atoms with E-state index < -0.39 is 10.5 Å². The largest absolute Gasteiger partial charge is 0.466 e. The van der Waals surface area contributed by atoms with Crippen LogP contribution in [0.1, 0.15) is 25.2 Å². The van der Waals surface area contributed by atoms with Crippen molar-refractivity contribution < 1.29 is 14.4 Å². The van der Waals surface area contributed by atoms with Gasteiger partial charge in [0, 0.05) is 11.1 Å². The molecule has 0 saturated carbocycles. The minimum absolute atomic E-state index is 0.0448. The second-order valence-corrected chi connectivity index (χ2v) is 5.58. The van der Waals surface area contributed by atoms with Crippen LogP contribution >= 0.6 is 11.6 Å². The summed E-state index contributed by atoms with van der Waals surface area (Å²) in [4.78, 5) is 10.7. The van der Waals surface area contributed by atoms with E-state index >= 15 is 0 Å². The molecule has 0 radical (unpaired) electrons. The molecule has 0 bridgehead atoms. The normalized spacial score (nSPS) is 13.6. The number of rotatable bonds is 6. The molecule has 7 heteroatoms. The van der Waals surface area contributed by atoms with E-state index in [0.29, 0.717) is 22.8 Å². The first-order valence-electron chi connectivity index (χ1n) is 6.82. The zero-order chi connectivity index (χ0) is 16.3. The van der Waals surface area contributed by atoms with Crippen molar-refractivity contribution in [2.45, 2.75) is 25.9 Å². The monoisotopic (exact) mass is 324 g/mol. The summed E-state index contributed by atoms with van der Waals surface area (Å²) in [5.41, 5.74) is -0.403. The predicted molar refractivity (Wildman–Crippen MR) is 84.3 cm³/mol. The predicted octanol–water partition coefficient (Wildman–Crippen LogP) is 3.72. The van der Waals surface area contributed by atoms with E-state index in [1.807, 2.05) is 6.92 Å². The molecule has 2 aromatic rings. The van der Waals surface area contributed by atoms with Crippen LogP contribution in [0.15, 0.2) is 34.9 Å². The highest BCUT2D eigenvalue weighted by molar-refractivity contribution is 6.31. The summed E-state index contributed by atoms with van der Waals surface area (Å²) >= 11 is 6.11. The molecule has 0 aliphatic carbocycles. The van der Waals surface area contributed by atoms with Crippen molar-refractivity contribution in [1.82, 2.24) is 0 Å². The molecule has 22 heavy (non-hydrogen) atoms. The van der Waals surface area contributed by atoms with Crippen molar-refractivity contribution in [3.8, 4) is 0 Å². The number of nitrogens with zero attached hydrogens (tertiary/aromatic N) is 1. The fourth-order valence-corrected chi connectivity index (χ4v) is 2.41. The van der Waals surface area contributed by atoms with E-state index in [1.165, 1.54) is 18.4 Å². The lowest BCUT2D eigenvalue weighted by Crippen LogP contribution is -2.30. The molecule has 0 saturated heterocycles. The molecule has 0 aliphatic heterocycles. The van der Waals surface area contributed by atoms with Crippen LogP contribution in [-0.2, 0) is 12.0 Å². The highest BCUT2D eigenvalue weighted by Gasteiger charge is 2.27. The zero-order valence-electron chi connectivity index (χ0n) is 12.3. The van der Waals surface area contributed by atoms with Gasteiger partial charge in [0.15, 0.2) is 0 Å². The molecule has 1 aromatic heterocycles. The maximum atomic E-state index is 11.2. The minimum atomic E-state index is -1.30. The van der Waals surface area contributed by atoms with Crippen molar-refractivity contribution in [3.05, 3.63) is 57.0 Å². The first-order valence-corrected chi connectivity index (χ1v) is 7.20. The molecule has 0 fully saturated rings. The van der Waals surface area contributed by atoms with E-state index in [-0.39, 0.29) is 17.9 Å². The van der Waals surface area contributed by atoms with Gasteiger partial charge in [-0.15, -0.1) is 0 Å². The van der Waals surface area contributed by atoms with Crippen molar-refractivity contribution >= 4 is 23.0 Å². The summed E-state index contributed by atoms with van der Waals surface area (Å²) in [7, 11) is 0. The van der Waals surface area contributed by atoms with Gasteiger partial charge in [-0.25, -0.2) is 0 Å². The maximum absolute atomic E-state index is 11.2. The van der Waals surface area contributed by atoms with Crippen molar-refractivity contribution in [2.75, 3.05) is 11.9 Å². The van der Waals surface area contributed by atoms with Crippen LogP contribution in [0.5, 0.6) is 0 Å². The fourth-order valence-electron chi connectivity index (χ4n) is 2.11. The van der Waals surface area contributed by atoms with Gasteiger partial charge in [0.25, 0.3) is 5.69 Å². The molecule has 0 unspecified atom stereocenters. The van der Waals surface area contributed by atoms with Crippen molar-refractivity contribution in [3.63, 3.8) is 0 Å². The summed E-state index contributed by atoms with van der Waals surface area (Å²) in [5.74, 6) is 0.374. The lowest BCUT2D eigenvalue weighted by Gasteiger charge is -2.22.